The van der Waals surface area contributed by atoms with Crippen LogP contribution in [0, 0.1) is 5.92 Å². The largest absolute Gasteiger partial charge is 0.512 e. The van der Waals surface area contributed by atoms with Gasteiger partial charge in [0.05, 0.1) is 5.76 Å². The van der Waals surface area contributed by atoms with Gasteiger partial charge in [-0.1, -0.05) is 13.8 Å². The summed E-state index contributed by atoms with van der Waals surface area (Å²) in [5.41, 5.74) is 1.31. The Bertz CT molecular complexity index is 225. The molecule has 15 heavy (non-hydrogen) atoms. The van der Waals surface area contributed by atoms with E-state index in [1.54, 1.807) is 0 Å². The summed E-state index contributed by atoms with van der Waals surface area (Å²) in [5.74, 6) is 0.537. The van der Waals surface area contributed by atoms with Crippen molar-refractivity contribution >= 4 is 5.97 Å². The minimum absolute atomic E-state index is 0.685. The van der Waals surface area contributed by atoms with Gasteiger partial charge in [0.1, 0.15) is 0 Å². The van der Waals surface area contributed by atoms with Crippen LogP contribution in [0.5, 0.6) is 0 Å². The summed E-state index contributed by atoms with van der Waals surface area (Å²) in [6.07, 6.45) is 5.58. The number of allylic oxidation sites excluding steroid dienone is 2. The van der Waals surface area contributed by atoms with Gasteiger partial charge in [-0.3, -0.25) is 4.79 Å². The molecule has 0 aromatic rings. The maximum atomic E-state index is 9.50. The molecular formula is C12H22O3. The van der Waals surface area contributed by atoms with E-state index in [2.05, 4.69) is 13.8 Å². The van der Waals surface area contributed by atoms with Crippen LogP contribution in [0.15, 0.2) is 11.3 Å². The lowest BCUT2D eigenvalue weighted by Gasteiger charge is -2.17. The molecule has 0 radical (unpaired) electrons. The van der Waals surface area contributed by atoms with E-state index >= 15 is 0 Å². The highest BCUT2D eigenvalue weighted by molar-refractivity contribution is 5.62. The fourth-order valence-corrected chi connectivity index (χ4v) is 1.66. The van der Waals surface area contributed by atoms with Gasteiger partial charge in [-0.2, -0.15) is 0 Å². The Labute approximate surface area is 91.8 Å². The van der Waals surface area contributed by atoms with Crippen molar-refractivity contribution in [2.45, 2.75) is 52.9 Å². The molecule has 0 aliphatic heterocycles. The minimum Gasteiger partial charge on any atom is -0.512 e. The van der Waals surface area contributed by atoms with Crippen molar-refractivity contribution < 1.29 is 15.0 Å². The highest BCUT2D eigenvalue weighted by Gasteiger charge is 2.12. The van der Waals surface area contributed by atoms with Gasteiger partial charge in [-0.05, 0) is 37.2 Å². The third kappa shape index (κ3) is 8.03. The van der Waals surface area contributed by atoms with Crippen LogP contribution in [0.4, 0.5) is 0 Å². The first-order chi connectivity index (χ1) is 6.93. The summed E-state index contributed by atoms with van der Waals surface area (Å²) in [6, 6.07) is 0. The van der Waals surface area contributed by atoms with Gasteiger partial charge in [0, 0.05) is 13.3 Å². The Balaban J connectivity index is 0.000000423. The van der Waals surface area contributed by atoms with E-state index in [1.807, 2.05) is 0 Å². The van der Waals surface area contributed by atoms with Gasteiger partial charge in [0.2, 0.25) is 0 Å². The second-order valence-electron chi connectivity index (χ2n) is 4.37. The van der Waals surface area contributed by atoms with Crippen molar-refractivity contribution in [1.82, 2.24) is 0 Å². The molecule has 0 aromatic carbocycles. The normalized spacial score (nSPS) is 16.0. The molecule has 0 aromatic heterocycles. The highest BCUT2D eigenvalue weighted by Crippen LogP contribution is 2.27. The molecule has 0 saturated carbocycles. The summed E-state index contributed by atoms with van der Waals surface area (Å²) in [4.78, 5) is 9.00. The van der Waals surface area contributed by atoms with E-state index in [9.17, 15) is 5.11 Å². The molecule has 0 fully saturated rings. The second-order valence-corrected chi connectivity index (χ2v) is 4.37. The Morgan fingerprint density at radius 2 is 1.80 bits per heavy atom. The van der Waals surface area contributed by atoms with Gasteiger partial charge in [-0.25, -0.2) is 0 Å². The molecule has 0 bridgehead atoms. The van der Waals surface area contributed by atoms with Crippen molar-refractivity contribution in [2.75, 3.05) is 0 Å². The Kier molecular flexibility index (Phi) is 6.84. The van der Waals surface area contributed by atoms with Crippen molar-refractivity contribution in [3.05, 3.63) is 11.3 Å². The SMILES string of the molecule is CC(=O)O.CC(C)CC1=C(O)CCCC1. The zero-order valence-corrected chi connectivity index (χ0v) is 9.92. The molecule has 1 aliphatic carbocycles. The molecule has 2 N–H and O–H groups in total. The van der Waals surface area contributed by atoms with Crippen LogP contribution < -0.4 is 0 Å². The Hall–Kier alpha value is -0.990. The third-order valence-corrected chi connectivity index (χ3v) is 2.20. The average molecular weight is 214 g/mol. The molecule has 1 rings (SSSR count). The second kappa shape index (κ2) is 7.32. The van der Waals surface area contributed by atoms with E-state index in [1.165, 1.54) is 18.4 Å². The van der Waals surface area contributed by atoms with Gasteiger partial charge < -0.3 is 10.2 Å². The van der Waals surface area contributed by atoms with E-state index in [0.29, 0.717) is 11.7 Å². The van der Waals surface area contributed by atoms with Crippen LogP contribution in [0.3, 0.4) is 0 Å². The number of aliphatic carboxylic acids is 1. The molecule has 88 valence electrons. The molecule has 0 saturated heterocycles. The van der Waals surface area contributed by atoms with E-state index in [0.717, 1.165) is 26.2 Å². The number of carbonyl (C=O) groups is 1. The monoisotopic (exact) mass is 214 g/mol. The number of carboxylic acids is 1. The van der Waals surface area contributed by atoms with Crippen molar-refractivity contribution in [3.8, 4) is 0 Å². The first-order valence-electron chi connectivity index (χ1n) is 5.52. The number of hydrogen-bond acceptors (Lipinski definition) is 2. The lowest BCUT2D eigenvalue weighted by molar-refractivity contribution is -0.134. The molecule has 0 unspecified atom stereocenters. The molecular weight excluding hydrogens is 192 g/mol. The Morgan fingerprint density at radius 3 is 2.20 bits per heavy atom. The zero-order chi connectivity index (χ0) is 11.8. The van der Waals surface area contributed by atoms with Crippen LogP contribution >= 0.6 is 0 Å². The lowest BCUT2D eigenvalue weighted by Crippen LogP contribution is -2.02. The molecule has 0 spiro atoms. The number of aliphatic hydroxyl groups is 1. The lowest BCUT2D eigenvalue weighted by atomic mass is 9.91. The van der Waals surface area contributed by atoms with E-state index in [4.69, 9.17) is 9.90 Å². The summed E-state index contributed by atoms with van der Waals surface area (Å²) >= 11 is 0. The number of carboxylic acid groups (broad SMARTS) is 1. The fraction of sp³-hybridized carbons (Fsp3) is 0.750. The van der Waals surface area contributed by atoms with E-state index in [-0.39, 0.29) is 0 Å². The summed E-state index contributed by atoms with van der Waals surface area (Å²) in [6.45, 7) is 5.49. The predicted molar refractivity (Wildman–Crippen MR) is 60.9 cm³/mol. The maximum Gasteiger partial charge on any atom is 0.300 e. The molecule has 0 amide bonds. The number of hydrogen-bond donors (Lipinski definition) is 2. The quantitative estimate of drug-likeness (QED) is 0.739. The third-order valence-electron chi connectivity index (χ3n) is 2.20. The molecule has 0 heterocycles. The smallest absolute Gasteiger partial charge is 0.300 e. The highest BCUT2D eigenvalue weighted by atomic mass is 16.4. The topological polar surface area (TPSA) is 57.5 Å². The van der Waals surface area contributed by atoms with Crippen LogP contribution in [-0.4, -0.2) is 16.2 Å². The predicted octanol–water partition coefficient (Wildman–Crippen LogP) is 3.51. The van der Waals surface area contributed by atoms with Crippen molar-refractivity contribution in [2.24, 2.45) is 5.92 Å². The van der Waals surface area contributed by atoms with Crippen LogP contribution in [0.25, 0.3) is 0 Å². The van der Waals surface area contributed by atoms with Gasteiger partial charge in [0.25, 0.3) is 5.97 Å². The maximum absolute atomic E-state index is 9.50. The van der Waals surface area contributed by atoms with Crippen molar-refractivity contribution in [3.63, 3.8) is 0 Å². The van der Waals surface area contributed by atoms with Gasteiger partial charge in [-0.15, -0.1) is 0 Å². The average Bonchev–Trinajstić information content (AvgIpc) is 2.07. The Morgan fingerprint density at radius 1 is 1.33 bits per heavy atom. The molecule has 3 nitrogen and oxygen atoms in total. The van der Waals surface area contributed by atoms with Crippen molar-refractivity contribution in [1.29, 1.82) is 0 Å². The van der Waals surface area contributed by atoms with Gasteiger partial charge >= 0.3 is 0 Å². The fourth-order valence-electron chi connectivity index (χ4n) is 1.66. The first-order valence-corrected chi connectivity index (χ1v) is 5.52. The number of aliphatic hydroxyl groups excluding tert-OH is 1. The summed E-state index contributed by atoms with van der Waals surface area (Å²) < 4.78 is 0. The van der Waals surface area contributed by atoms with Crippen LogP contribution in [0.1, 0.15) is 52.9 Å². The van der Waals surface area contributed by atoms with Crippen LogP contribution in [-0.2, 0) is 4.79 Å². The molecule has 0 atom stereocenters. The standard InChI is InChI=1S/C10H18O.C2H4O2/c1-8(2)7-9-5-3-4-6-10(9)11;1-2(3)4/h8,11H,3-7H2,1-2H3;1H3,(H,3,4). The summed E-state index contributed by atoms with van der Waals surface area (Å²) in [7, 11) is 0. The molecule has 1 aliphatic rings. The molecule has 3 heteroatoms. The zero-order valence-electron chi connectivity index (χ0n) is 9.92. The number of rotatable bonds is 2. The van der Waals surface area contributed by atoms with Crippen LogP contribution in [0.2, 0.25) is 0 Å². The van der Waals surface area contributed by atoms with Gasteiger partial charge in [0.15, 0.2) is 0 Å². The first kappa shape index (κ1) is 14.0. The summed E-state index contributed by atoms with van der Waals surface area (Å²) in [5, 5.41) is 16.9. The minimum atomic E-state index is -0.833. The van der Waals surface area contributed by atoms with E-state index < -0.39 is 5.97 Å².